The zero-order valence-corrected chi connectivity index (χ0v) is 32.6. The predicted molar refractivity (Wildman–Crippen MR) is 223 cm³/mol. The maximum absolute atomic E-state index is 13.6. The van der Waals surface area contributed by atoms with Gasteiger partial charge in [-0.3, -0.25) is 9.79 Å². The predicted octanol–water partition coefficient (Wildman–Crippen LogP) is 8.89. The number of phenolic OH excluding ortho intramolecular Hbond substituents is 1. The highest BCUT2D eigenvalue weighted by Crippen LogP contribution is 2.35. The first-order valence-corrected chi connectivity index (χ1v) is 19.6. The standard InChI is InChI=1S/C47H53N3O6/c1-4-34-28-44(53)42-13-8-22-55-40(27-36-26-38(51)19-17-35(36)11-6-5-9-31-10-7-12-37(23-31)50-47(48)49-2)29-39(52)18-14-32-16-21-45(54-3)46(25-32)56-30-33-15-20-41(42)43(34)24-33/h7,10,12,15-17,19-21,23-26,28,35-36,40,51,53H,4-6,9,11,13-14,18,27,29-30H2,1-3H3,(H3,48,49,50)/t35-,36+,40-/m0/s1. The van der Waals surface area contributed by atoms with Crippen LogP contribution in [0.1, 0.15) is 73.3 Å². The Morgan fingerprint density at radius 2 is 1.88 bits per heavy atom. The molecule has 0 radical (unpaired) electrons. The average Bonchev–Trinajstić information content (AvgIpc) is 3.20. The molecular formula is C47H53N3O6. The van der Waals surface area contributed by atoms with Crippen LogP contribution < -0.4 is 20.5 Å². The lowest BCUT2D eigenvalue weighted by Crippen LogP contribution is -2.24. The molecule has 0 saturated heterocycles. The van der Waals surface area contributed by atoms with Crippen LogP contribution in [0.4, 0.5) is 5.69 Å². The second-order valence-corrected chi connectivity index (χ2v) is 14.7. The Balaban J connectivity index is 1.20. The summed E-state index contributed by atoms with van der Waals surface area (Å²) in [4.78, 5) is 17.5. The quantitative estimate of drug-likeness (QED) is 0.0546. The number of fused-ring (bicyclic) bond motifs is 9. The second kappa shape index (κ2) is 19.1. The van der Waals surface area contributed by atoms with E-state index in [1.165, 1.54) is 5.56 Å². The first kappa shape index (κ1) is 39.8. The van der Waals surface area contributed by atoms with Crippen LogP contribution in [0, 0.1) is 23.9 Å². The highest BCUT2D eigenvalue weighted by atomic mass is 16.5. The number of Topliss-reactive ketones (excluding diaryl/α,β-unsaturated/α-hetero) is 1. The molecule has 1 aliphatic carbocycles. The number of aromatic hydroxyl groups is 1. The Morgan fingerprint density at radius 3 is 2.70 bits per heavy atom. The third-order valence-corrected chi connectivity index (χ3v) is 10.8. The summed E-state index contributed by atoms with van der Waals surface area (Å²) < 4.78 is 18.1. The molecule has 7 rings (SSSR count). The molecule has 4 aromatic carbocycles. The smallest absolute Gasteiger partial charge is 0.192 e. The number of methoxy groups -OCH3 is 1. The van der Waals surface area contributed by atoms with Gasteiger partial charge < -0.3 is 35.5 Å². The van der Waals surface area contributed by atoms with Crippen molar-refractivity contribution < 1.29 is 29.2 Å². The van der Waals surface area contributed by atoms with Crippen molar-refractivity contribution in [2.75, 3.05) is 19.5 Å². The number of anilines is 1. The van der Waals surface area contributed by atoms with E-state index in [4.69, 9.17) is 19.9 Å². The van der Waals surface area contributed by atoms with Crippen LogP contribution in [0.2, 0.25) is 0 Å². The van der Waals surface area contributed by atoms with Crippen LogP contribution in [0.25, 0.3) is 10.8 Å². The monoisotopic (exact) mass is 755 g/mol. The molecule has 6 bridgehead atoms. The summed E-state index contributed by atoms with van der Waals surface area (Å²) in [6, 6.07) is 22.0. The normalized spacial score (nSPS) is 18.8. The number of aryl methyl sites for hydroxylation is 3. The van der Waals surface area contributed by atoms with E-state index >= 15 is 0 Å². The molecule has 56 heavy (non-hydrogen) atoms. The fourth-order valence-corrected chi connectivity index (χ4v) is 7.71. The molecule has 2 aliphatic heterocycles. The number of nitrogens with two attached hydrogens (primary N) is 1. The molecule has 0 fully saturated rings. The number of phenols is 1. The number of carbonyl (C=O) groups is 1. The van der Waals surface area contributed by atoms with E-state index < -0.39 is 6.10 Å². The maximum atomic E-state index is 13.6. The molecule has 9 nitrogen and oxygen atoms in total. The molecular weight excluding hydrogens is 703 g/mol. The van der Waals surface area contributed by atoms with E-state index in [-0.39, 0.29) is 42.0 Å². The van der Waals surface area contributed by atoms with Gasteiger partial charge in [0.2, 0.25) is 0 Å². The summed E-state index contributed by atoms with van der Waals surface area (Å²) in [6.45, 7) is 2.41. The van der Waals surface area contributed by atoms with Crippen molar-refractivity contribution in [2.45, 2.75) is 83.8 Å². The fraction of sp³-hybridized carbons (Fsp3) is 0.362. The first-order chi connectivity index (χ1) is 27.2. The van der Waals surface area contributed by atoms with Crippen molar-refractivity contribution in [2.24, 2.45) is 22.6 Å². The molecule has 0 saturated carbocycles. The van der Waals surface area contributed by atoms with E-state index in [9.17, 15) is 15.0 Å². The number of ketones is 1. The average molecular weight is 756 g/mol. The summed E-state index contributed by atoms with van der Waals surface area (Å²) in [7, 11) is 3.27. The van der Waals surface area contributed by atoms with Crippen LogP contribution in [0.3, 0.4) is 0 Å². The summed E-state index contributed by atoms with van der Waals surface area (Å²) >= 11 is 0. The molecule has 0 aromatic heterocycles. The number of aliphatic imine (C=N–C) groups is 1. The number of nitrogens with zero attached hydrogens (tertiary/aromatic N) is 1. The molecule has 292 valence electrons. The molecule has 0 spiro atoms. The zero-order chi connectivity index (χ0) is 39.4. The topological polar surface area (TPSA) is 136 Å². The minimum absolute atomic E-state index is 0.0323. The van der Waals surface area contributed by atoms with Gasteiger partial charge in [0.15, 0.2) is 17.5 Å². The van der Waals surface area contributed by atoms with E-state index in [1.807, 2.05) is 54.6 Å². The van der Waals surface area contributed by atoms with Gasteiger partial charge in [0.05, 0.1) is 7.11 Å². The lowest BCUT2D eigenvalue weighted by molar-refractivity contribution is -0.121. The van der Waals surface area contributed by atoms with Gasteiger partial charge in [0.25, 0.3) is 0 Å². The molecule has 4 aromatic rings. The Morgan fingerprint density at radius 1 is 1.02 bits per heavy atom. The molecule has 0 amide bonds. The number of carbonyl (C=O) groups excluding carboxylic acids is 1. The van der Waals surface area contributed by atoms with Crippen LogP contribution in [0.5, 0.6) is 17.2 Å². The molecule has 9 heteroatoms. The number of nitrogens with one attached hydrogen (secondary N) is 1. The second-order valence-electron chi connectivity index (χ2n) is 14.7. The first-order valence-electron chi connectivity index (χ1n) is 19.6. The number of guanidine groups is 1. The van der Waals surface area contributed by atoms with Crippen molar-refractivity contribution in [3.63, 3.8) is 0 Å². The minimum atomic E-state index is -0.486. The number of aliphatic hydroxyl groups is 1. The molecule has 0 unspecified atom stereocenters. The Kier molecular flexibility index (Phi) is 13.6. The number of benzene rings is 4. The third kappa shape index (κ3) is 10.4. The lowest BCUT2D eigenvalue weighted by Gasteiger charge is -2.28. The van der Waals surface area contributed by atoms with Gasteiger partial charge in [0.1, 0.15) is 36.1 Å². The molecule has 5 N–H and O–H groups in total. The summed E-state index contributed by atoms with van der Waals surface area (Å²) in [5.74, 6) is 5.38. The van der Waals surface area contributed by atoms with Crippen LogP contribution >= 0.6 is 0 Å². The Hall–Kier alpha value is -5.88. The van der Waals surface area contributed by atoms with Crippen molar-refractivity contribution >= 4 is 28.2 Å². The van der Waals surface area contributed by atoms with Gasteiger partial charge >= 0.3 is 0 Å². The lowest BCUT2D eigenvalue weighted by atomic mass is 9.80. The highest BCUT2D eigenvalue weighted by molar-refractivity contribution is 5.92. The number of ether oxygens (including phenoxy) is 3. The third-order valence-electron chi connectivity index (χ3n) is 10.8. The number of allylic oxidation sites excluding steroid dienone is 3. The number of aliphatic hydroxyl groups excluding tert-OH is 1. The Labute approximate surface area is 330 Å². The number of rotatable bonds is 10. The van der Waals surface area contributed by atoms with Gasteiger partial charge in [0, 0.05) is 37.6 Å². The van der Waals surface area contributed by atoms with E-state index in [1.54, 1.807) is 20.2 Å². The van der Waals surface area contributed by atoms with Crippen LogP contribution in [0.15, 0.2) is 95.7 Å². The van der Waals surface area contributed by atoms with Crippen molar-refractivity contribution in [1.29, 1.82) is 0 Å². The number of hydrogen-bond acceptors (Lipinski definition) is 7. The SMILES string of the molecule is CCc1cc(O)c2c3ccc(cc13)COc1cc(ccc1OC)CCC(=O)C[C@H](C[C@H]1C=C(O)C=C[C@@H]1CCCCc1cccc(NC(N)=NC)c1)OC#CC2. The molecule has 3 atom stereocenters. The van der Waals surface area contributed by atoms with Crippen LogP contribution in [-0.2, 0) is 41.8 Å². The van der Waals surface area contributed by atoms with Crippen molar-refractivity contribution in [3.05, 3.63) is 119 Å². The molecule has 2 heterocycles. The van der Waals surface area contributed by atoms with Gasteiger partial charge in [-0.1, -0.05) is 55.7 Å². The van der Waals surface area contributed by atoms with Crippen molar-refractivity contribution in [3.8, 4) is 29.3 Å². The van der Waals surface area contributed by atoms with Gasteiger partial charge in [-0.2, -0.15) is 0 Å². The number of unbranched alkanes of at least 4 members (excludes halogenated alkanes) is 1. The Bertz CT molecular complexity index is 2180. The highest BCUT2D eigenvalue weighted by Gasteiger charge is 2.27. The zero-order valence-electron chi connectivity index (χ0n) is 32.6. The van der Waals surface area contributed by atoms with Gasteiger partial charge in [-0.25, -0.2) is 0 Å². The summed E-state index contributed by atoms with van der Waals surface area (Å²) in [6.07, 6.45) is 14.6. The van der Waals surface area contributed by atoms with E-state index in [0.29, 0.717) is 43.3 Å². The van der Waals surface area contributed by atoms with Gasteiger partial charge in [-0.05, 0) is 132 Å². The minimum Gasteiger partial charge on any atom is -0.508 e. The largest absolute Gasteiger partial charge is 0.508 e. The van der Waals surface area contributed by atoms with Crippen LogP contribution in [-0.4, -0.2) is 42.2 Å². The van der Waals surface area contributed by atoms with Crippen molar-refractivity contribution in [1.82, 2.24) is 0 Å². The van der Waals surface area contributed by atoms with E-state index in [2.05, 4.69) is 53.5 Å². The fourth-order valence-electron chi connectivity index (χ4n) is 7.71. The summed E-state index contributed by atoms with van der Waals surface area (Å²) in [5.41, 5.74) is 11.7. The molecule has 3 aliphatic rings. The summed E-state index contributed by atoms with van der Waals surface area (Å²) in [5, 5.41) is 26.8. The number of hydrogen-bond donors (Lipinski definition) is 4. The van der Waals surface area contributed by atoms with Gasteiger partial charge in [-0.15, -0.1) is 0 Å². The maximum Gasteiger partial charge on any atom is 0.192 e. The van der Waals surface area contributed by atoms with E-state index in [0.717, 1.165) is 70.8 Å².